The third-order valence-corrected chi connectivity index (χ3v) is 4.61. The van der Waals surface area contributed by atoms with Crippen LogP contribution in [0.4, 0.5) is 16.2 Å². The fraction of sp³-hybridized carbons (Fsp3) is 0.320. The second-order valence-electron chi connectivity index (χ2n) is 7.25. The molecule has 7 nitrogen and oxygen atoms in total. The maximum Gasteiger partial charge on any atom is 0.319 e. The summed E-state index contributed by atoms with van der Waals surface area (Å²) < 4.78 is 5.65. The molecule has 2 aromatic carbocycles. The first kappa shape index (κ1) is 24.7. The van der Waals surface area contributed by atoms with Crippen molar-refractivity contribution in [2.75, 3.05) is 23.8 Å². The summed E-state index contributed by atoms with van der Waals surface area (Å²) >= 11 is 0. The molecule has 0 heterocycles. The molecule has 0 unspecified atom stereocenters. The molecule has 2 rings (SSSR count). The van der Waals surface area contributed by atoms with Crippen LogP contribution >= 0.6 is 0 Å². The summed E-state index contributed by atoms with van der Waals surface area (Å²) in [5.41, 5.74) is 1.74. The Bertz CT molecular complexity index is 892. The monoisotopic (exact) mass is 437 g/mol. The standard InChI is InChI=1S/C25H31N3O4/c1-3-5-6-18-32-22-13-7-19(8-14-22)23(29)15-16-24(30)27-20-9-11-21(12-10-20)28-25(31)26-17-4-2/h4,7-14H,2-3,5-6,15-18H2,1H3,(H,27,30)(H2,26,28,31). The Morgan fingerprint density at radius 2 is 1.56 bits per heavy atom. The summed E-state index contributed by atoms with van der Waals surface area (Å²) in [6.07, 6.45) is 5.07. The minimum absolute atomic E-state index is 0.0814. The van der Waals surface area contributed by atoms with Crippen LogP contribution in [0.1, 0.15) is 49.4 Å². The van der Waals surface area contributed by atoms with Crippen molar-refractivity contribution >= 4 is 29.1 Å². The molecule has 2 aromatic rings. The highest BCUT2D eigenvalue weighted by Gasteiger charge is 2.10. The van der Waals surface area contributed by atoms with Crippen LogP contribution in [0.3, 0.4) is 0 Å². The minimum atomic E-state index is -0.337. The molecule has 0 aliphatic carbocycles. The van der Waals surface area contributed by atoms with Crippen molar-refractivity contribution in [3.8, 4) is 5.75 Å². The van der Waals surface area contributed by atoms with Crippen molar-refractivity contribution in [3.63, 3.8) is 0 Å². The van der Waals surface area contributed by atoms with E-state index in [4.69, 9.17) is 4.74 Å². The quantitative estimate of drug-likeness (QED) is 0.229. The molecule has 3 N–H and O–H groups in total. The molecular weight excluding hydrogens is 406 g/mol. The molecule has 32 heavy (non-hydrogen) atoms. The Hall–Kier alpha value is -3.61. The molecule has 0 saturated heterocycles. The second kappa shape index (κ2) is 13.6. The summed E-state index contributed by atoms with van der Waals surface area (Å²) in [6, 6.07) is 13.4. The van der Waals surface area contributed by atoms with Gasteiger partial charge in [0.2, 0.25) is 5.91 Å². The van der Waals surface area contributed by atoms with Crippen LogP contribution in [0.15, 0.2) is 61.2 Å². The number of Topliss-reactive ketones (excluding diaryl/α,β-unsaturated/α-hetero) is 1. The molecule has 170 valence electrons. The molecule has 0 aromatic heterocycles. The van der Waals surface area contributed by atoms with Gasteiger partial charge < -0.3 is 20.7 Å². The molecule has 0 saturated carbocycles. The van der Waals surface area contributed by atoms with Crippen LogP contribution in [0, 0.1) is 0 Å². The maximum atomic E-state index is 12.4. The highest BCUT2D eigenvalue weighted by molar-refractivity contribution is 6.00. The molecular formula is C25H31N3O4. The molecule has 0 aliphatic heterocycles. The van der Waals surface area contributed by atoms with Crippen LogP contribution in [0.5, 0.6) is 5.75 Å². The van der Waals surface area contributed by atoms with Gasteiger partial charge in [-0.05, 0) is 55.0 Å². The maximum absolute atomic E-state index is 12.4. The van der Waals surface area contributed by atoms with E-state index in [1.54, 1.807) is 54.6 Å². The average molecular weight is 438 g/mol. The van der Waals surface area contributed by atoms with Gasteiger partial charge >= 0.3 is 6.03 Å². The Morgan fingerprint density at radius 1 is 0.906 bits per heavy atom. The Kier molecular flexibility index (Phi) is 10.5. The van der Waals surface area contributed by atoms with E-state index in [0.717, 1.165) is 25.0 Å². The number of unbranched alkanes of at least 4 members (excludes halogenated alkanes) is 2. The predicted octanol–water partition coefficient (Wildman–Crippen LogP) is 5.16. The topological polar surface area (TPSA) is 96.5 Å². The van der Waals surface area contributed by atoms with E-state index in [0.29, 0.717) is 30.1 Å². The van der Waals surface area contributed by atoms with Gasteiger partial charge in [-0.2, -0.15) is 0 Å². The number of ketones is 1. The fourth-order valence-electron chi connectivity index (χ4n) is 2.85. The number of rotatable bonds is 13. The van der Waals surface area contributed by atoms with Crippen LogP contribution in [-0.4, -0.2) is 30.9 Å². The number of urea groups is 1. The van der Waals surface area contributed by atoms with E-state index in [9.17, 15) is 14.4 Å². The third kappa shape index (κ3) is 9.04. The van der Waals surface area contributed by atoms with Crippen LogP contribution < -0.4 is 20.7 Å². The summed E-state index contributed by atoms with van der Waals surface area (Å²) in [5.74, 6) is 0.396. The highest BCUT2D eigenvalue weighted by Crippen LogP contribution is 2.16. The van der Waals surface area contributed by atoms with Crippen LogP contribution in [-0.2, 0) is 4.79 Å². The number of hydrogen-bond donors (Lipinski definition) is 3. The normalized spacial score (nSPS) is 10.2. The summed E-state index contributed by atoms with van der Waals surface area (Å²) in [6.45, 7) is 6.71. The second-order valence-corrected chi connectivity index (χ2v) is 7.25. The lowest BCUT2D eigenvalue weighted by Gasteiger charge is -2.09. The Morgan fingerprint density at radius 3 is 2.19 bits per heavy atom. The lowest BCUT2D eigenvalue weighted by atomic mass is 10.1. The largest absolute Gasteiger partial charge is 0.494 e. The number of amides is 3. The number of carbonyl (C=O) groups excluding carboxylic acids is 3. The van der Waals surface area contributed by atoms with Crippen LogP contribution in [0.25, 0.3) is 0 Å². The first-order valence-corrected chi connectivity index (χ1v) is 10.8. The molecule has 7 heteroatoms. The zero-order valence-electron chi connectivity index (χ0n) is 18.5. The predicted molar refractivity (Wildman–Crippen MR) is 127 cm³/mol. The fourth-order valence-corrected chi connectivity index (χ4v) is 2.85. The smallest absolute Gasteiger partial charge is 0.319 e. The van der Waals surface area contributed by atoms with E-state index >= 15 is 0 Å². The van der Waals surface area contributed by atoms with Crippen molar-refractivity contribution < 1.29 is 19.1 Å². The van der Waals surface area contributed by atoms with E-state index in [-0.39, 0.29) is 30.6 Å². The molecule has 0 aliphatic rings. The number of anilines is 2. The van der Waals surface area contributed by atoms with Crippen molar-refractivity contribution in [1.29, 1.82) is 0 Å². The number of carbonyl (C=O) groups is 3. The van der Waals surface area contributed by atoms with E-state index in [2.05, 4.69) is 29.5 Å². The lowest BCUT2D eigenvalue weighted by Crippen LogP contribution is -2.28. The lowest BCUT2D eigenvalue weighted by molar-refractivity contribution is -0.116. The summed E-state index contributed by atoms with van der Waals surface area (Å²) in [4.78, 5) is 36.2. The summed E-state index contributed by atoms with van der Waals surface area (Å²) in [7, 11) is 0. The van der Waals surface area contributed by atoms with E-state index < -0.39 is 0 Å². The van der Waals surface area contributed by atoms with Crippen molar-refractivity contribution in [3.05, 3.63) is 66.7 Å². The van der Waals surface area contributed by atoms with Gasteiger partial charge in [0.1, 0.15) is 5.75 Å². The molecule has 0 fully saturated rings. The van der Waals surface area contributed by atoms with Gasteiger partial charge in [0.15, 0.2) is 5.78 Å². The van der Waals surface area contributed by atoms with Gasteiger partial charge in [-0.3, -0.25) is 9.59 Å². The zero-order chi connectivity index (χ0) is 23.2. The van der Waals surface area contributed by atoms with Gasteiger partial charge in [0.25, 0.3) is 0 Å². The first-order valence-electron chi connectivity index (χ1n) is 10.8. The summed E-state index contributed by atoms with van der Waals surface area (Å²) in [5, 5.41) is 8.03. The van der Waals surface area contributed by atoms with Gasteiger partial charge in [-0.1, -0.05) is 25.8 Å². The number of nitrogens with one attached hydrogen (secondary N) is 3. The van der Waals surface area contributed by atoms with Gasteiger partial charge in [0.05, 0.1) is 6.61 Å². The zero-order valence-corrected chi connectivity index (χ0v) is 18.5. The Balaban J connectivity index is 1.74. The van der Waals surface area contributed by atoms with Gasteiger partial charge in [-0.15, -0.1) is 6.58 Å². The number of hydrogen-bond acceptors (Lipinski definition) is 4. The van der Waals surface area contributed by atoms with Gasteiger partial charge in [-0.25, -0.2) is 4.79 Å². The molecule has 0 radical (unpaired) electrons. The molecule has 0 atom stereocenters. The van der Waals surface area contributed by atoms with Crippen molar-refractivity contribution in [1.82, 2.24) is 5.32 Å². The first-order chi connectivity index (χ1) is 15.5. The third-order valence-electron chi connectivity index (χ3n) is 4.61. The molecule has 0 bridgehead atoms. The van der Waals surface area contributed by atoms with Crippen LogP contribution in [0.2, 0.25) is 0 Å². The number of ether oxygens (including phenoxy) is 1. The molecule has 0 spiro atoms. The van der Waals surface area contributed by atoms with Crippen molar-refractivity contribution in [2.24, 2.45) is 0 Å². The SMILES string of the molecule is C=CCNC(=O)Nc1ccc(NC(=O)CCC(=O)c2ccc(OCCCCC)cc2)cc1. The van der Waals surface area contributed by atoms with E-state index in [1.807, 2.05) is 0 Å². The average Bonchev–Trinajstić information content (AvgIpc) is 2.80. The van der Waals surface area contributed by atoms with E-state index in [1.165, 1.54) is 0 Å². The van der Waals surface area contributed by atoms with Gasteiger partial charge in [0, 0.05) is 36.3 Å². The number of benzene rings is 2. The minimum Gasteiger partial charge on any atom is -0.494 e. The van der Waals surface area contributed by atoms with Crippen molar-refractivity contribution in [2.45, 2.75) is 39.0 Å². The molecule has 3 amide bonds. The Labute approximate surface area is 189 Å². The highest BCUT2D eigenvalue weighted by atomic mass is 16.5.